The molecule has 2 heteroatoms. The fraction of sp³-hybridized carbons (Fsp3) is 0.727. The lowest BCUT2D eigenvalue weighted by Crippen LogP contribution is -2.01. The summed E-state index contributed by atoms with van der Waals surface area (Å²) in [5, 5.41) is 0. The van der Waals surface area contributed by atoms with Crippen LogP contribution in [0.4, 0.5) is 0 Å². The van der Waals surface area contributed by atoms with Crippen molar-refractivity contribution in [2.24, 2.45) is 0 Å². The molecule has 1 rings (SSSR count). The van der Waals surface area contributed by atoms with Crippen LogP contribution >= 0.6 is 22.6 Å². The van der Waals surface area contributed by atoms with Crippen molar-refractivity contribution < 1.29 is 4.74 Å². The zero-order valence-electron chi connectivity index (χ0n) is 16.1. The summed E-state index contributed by atoms with van der Waals surface area (Å²) in [6.45, 7) is 7.73. The Morgan fingerprint density at radius 3 is 2.17 bits per heavy atom. The Labute approximate surface area is 164 Å². The third-order valence-corrected chi connectivity index (χ3v) is 5.66. The topological polar surface area (TPSA) is 9.23 Å². The highest BCUT2D eigenvalue weighted by Gasteiger charge is 2.09. The summed E-state index contributed by atoms with van der Waals surface area (Å²) in [6, 6.07) is 6.75. The second-order valence-electron chi connectivity index (χ2n) is 7.06. The van der Waals surface area contributed by atoms with Gasteiger partial charge in [-0.25, -0.2) is 0 Å². The highest BCUT2D eigenvalue weighted by Crippen LogP contribution is 2.29. The van der Waals surface area contributed by atoms with Crippen LogP contribution in [0.15, 0.2) is 18.2 Å². The Morgan fingerprint density at radius 2 is 1.50 bits per heavy atom. The molecule has 0 aromatic heterocycles. The van der Waals surface area contributed by atoms with Crippen LogP contribution in [-0.2, 0) is 0 Å². The van der Waals surface area contributed by atoms with Crippen LogP contribution in [0.5, 0.6) is 5.75 Å². The monoisotopic (exact) mass is 444 g/mol. The highest BCUT2D eigenvalue weighted by molar-refractivity contribution is 14.1. The summed E-state index contributed by atoms with van der Waals surface area (Å²) in [6.07, 6.45) is 14.6. The van der Waals surface area contributed by atoms with E-state index in [-0.39, 0.29) is 0 Å². The summed E-state index contributed by atoms with van der Waals surface area (Å²) in [4.78, 5) is 0. The average Bonchev–Trinajstić information content (AvgIpc) is 2.59. The maximum absolute atomic E-state index is 6.07. The normalized spacial score (nSPS) is 12.3. The van der Waals surface area contributed by atoms with Crippen LogP contribution in [0.25, 0.3) is 0 Å². The Hall–Kier alpha value is -0.250. The molecule has 0 bridgehead atoms. The van der Waals surface area contributed by atoms with Gasteiger partial charge >= 0.3 is 0 Å². The van der Waals surface area contributed by atoms with E-state index in [1.165, 1.54) is 79.8 Å². The van der Waals surface area contributed by atoms with Crippen LogP contribution < -0.4 is 4.74 Å². The molecular formula is C22H37IO. The van der Waals surface area contributed by atoms with Crippen molar-refractivity contribution in [2.75, 3.05) is 6.61 Å². The molecule has 0 spiro atoms. The molecule has 0 amide bonds. The van der Waals surface area contributed by atoms with Gasteiger partial charge in [-0.05, 0) is 59.0 Å². The lowest BCUT2D eigenvalue weighted by atomic mass is 9.95. The standard InChI is InChI=1S/C22H37IO/c1-4-6-8-9-10-11-12-13-17-24-22-18-20(15-16-21(22)23)19(3)14-7-5-2/h15-16,18-19H,4-14,17H2,1-3H3. The summed E-state index contributed by atoms with van der Waals surface area (Å²) >= 11 is 2.39. The Balaban J connectivity index is 2.26. The zero-order valence-corrected chi connectivity index (χ0v) is 18.2. The summed E-state index contributed by atoms with van der Waals surface area (Å²) in [5.41, 5.74) is 1.43. The van der Waals surface area contributed by atoms with E-state index in [0.717, 1.165) is 12.4 Å². The van der Waals surface area contributed by atoms with Crippen LogP contribution in [-0.4, -0.2) is 6.61 Å². The molecule has 1 aromatic carbocycles. The number of rotatable bonds is 14. The van der Waals surface area contributed by atoms with Crippen LogP contribution in [0, 0.1) is 3.57 Å². The van der Waals surface area contributed by atoms with Gasteiger partial charge in [0.05, 0.1) is 10.2 Å². The van der Waals surface area contributed by atoms with Gasteiger partial charge in [-0.15, -0.1) is 0 Å². The van der Waals surface area contributed by atoms with Gasteiger partial charge in [0.25, 0.3) is 0 Å². The molecule has 0 aliphatic heterocycles. The summed E-state index contributed by atoms with van der Waals surface area (Å²) < 4.78 is 7.30. The predicted molar refractivity (Wildman–Crippen MR) is 115 cm³/mol. The largest absolute Gasteiger partial charge is 0.492 e. The molecule has 1 unspecified atom stereocenters. The number of hydrogen-bond donors (Lipinski definition) is 0. The SMILES string of the molecule is CCCCCCCCCCOc1cc(C(C)CCCC)ccc1I. The van der Waals surface area contributed by atoms with E-state index >= 15 is 0 Å². The van der Waals surface area contributed by atoms with Crippen molar-refractivity contribution in [3.8, 4) is 5.75 Å². The van der Waals surface area contributed by atoms with Crippen molar-refractivity contribution in [3.63, 3.8) is 0 Å². The van der Waals surface area contributed by atoms with Crippen LogP contribution in [0.3, 0.4) is 0 Å². The average molecular weight is 444 g/mol. The molecule has 138 valence electrons. The lowest BCUT2D eigenvalue weighted by Gasteiger charge is -2.15. The van der Waals surface area contributed by atoms with Gasteiger partial charge in [0.1, 0.15) is 5.75 Å². The van der Waals surface area contributed by atoms with Crippen molar-refractivity contribution in [1.29, 1.82) is 0 Å². The number of halogens is 1. The summed E-state index contributed by atoms with van der Waals surface area (Å²) in [5.74, 6) is 1.71. The number of ether oxygens (including phenoxy) is 1. The minimum absolute atomic E-state index is 0.632. The van der Waals surface area contributed by atoms with Crippen molar-refractivity contribution in [1.82, 2.24) is 0 Å². The number of benzene rings is 1. The van der Waals surface area contributed by atoms with E-state index in [2.05, 4.69) is 61.6 Å². The van der Waals surface area contributed by atoms with E-state index in [9.17, 15) is 0 Å². The van der Waals surface area contributed by atoms with Crippen LogP contribution in [0.2, 0.25) is 0 Å². The maximum atomic E-state index is 6.07. The van der Waals surface area contributed by atoms with Gasteiger partial charge < -0.3 is 4.74 Å². The van der Waals surface area contributed by atoms with Crippen molar-refractivity contribution in [2.45, 2.75) is 97.3 Å². The van der Waals surface area contributed by atoms with E-state index in [0.29, 0.717) is 5.92 Å². The molecule has 1 atom stereocenters. The smallest absolute Gasteiger partial charge is 0.132 e. The summed E-state index contributed by atoms with van der Waals surface area (Å²) in [7, 11) is 0. The molecule has 0 saturated carbocycles. The first-order valence-corrected chi connectivity index (χ1v) is 11.2. The minimum atomic E-state index is 0.632. The molecule has 0 heterocycles. The second kappa shape index (κ2) is 14.0. The lowest BCUT2D eigenvalue weighted by molar-refractivity contribution is 0.302. The van der Waals surface area contributed by atoms with Gasteiger partial charge in [0.2, 0.25) is 0 Å². The highest BCUT2D eigenvalue weighted by atomic mass is 127. The first-order chi connectivity index (χ1) is 11.7. The fourth-order valence-electron chi connectivity index (χ4n) is 3.03. The third-order valence-electron chi connectivity index (χ3n) is 4.77. The molecule has 0 radical (unpaired) electrons. The van der Waals surface area contributed by atoms with Crippen LogP contribution in [0.1, 0.15) is 103 Å². The number of hydrogen-bond acceptors (Lipinski definition) is 1. The molecule has 1 nitrogen and oxygen atoms in total. The first-order valence-electron chi connectivity index (χ1n) is 10.1. The molecule has 0 aliphatic carbocycles. The van der Waals surface area contributed by atoms with E-state index in [1.807, 2.05) is 0 Å². The second-order valence-corrected chi connectivity index (χ2v) is 8.22. The fourth-order valence-corrected chi connectivity index (χ4v) is 3.52. The van der Waals surface area contributed by atoms with Crippen molar-refractivity contribution >= 4 is 22.6 Å². The predicted octanol–water partition coefficient (Wildman–Crippen LogP) is 8.10. The molecule has 0 fully saturated rings. The minimum Gasteiger partial charge on any atom is -0.492 e. The van der Waals surface area contributed by atoms with Gasteiger partial charge in [-0.2, -0.15) is 0 Å². The van der Waals surface area contributed by atoms with Gasteiger partial charge in [0.15, 0.2) is 0 Å². The quantitative estimate of drug-likeness (QED) is 0.208. The van der Waals surface area contributed by atoms with Gasteiger partial charge in [-0.1, -0.05) is 84.6 Å². The molecule has 0 saturated heterocycles. The van der Waals surface area contributed by atoms with E-state index < -0.39 is 0 Å². The van der Waals surface area contributed by atoms with Gasteiger partial charge in [0, 0.05) is 0 Å². The molecule has 24 heavy (non-hydrogen) atoms. The Morgan fingerprint density at radius 1 is 0.875 bits per heavy atom. The molecule has 0 N–H and O–H groups in total. The Kier molecular flexibility index (Phi) is 12.7. The number of unbranched alkanes of at least 4 members (excludes halogenated alkanes) is 8. The molecule has 0 aliphatic rings. The third kappa shape index (κ3) is 9.29. The van der Waals surface area contributed by atoms with E-state index in [4.69, 9.17) is 4.74 Å². The Bertz CT molecular complexity index is 430. The molecular weight excluding hydrogens is 407 g/mol. The van der Waals surface area contributed by atoms with E-state index in [1.54, 1.807) is 0 Å². The maximum Gasteiger partial charge on any atom is 0.132 e. The van der Waals surface area contributed by atoms with Crippen molar-refractivity contribution in [3.05, 3.63) is 27.3 Å². The first kappa shape index (κ1) is 21.8. The van der Waals surface area contributed by atoms with Gasteiger partial charge in [-0.3, -0.25) is 0 Å². The molecule has 1 aromatic rings. The zero-order chi connectivity index (χ0) is 17.6.